The van der Waals surface area contributed by atoms with E-state index in [1.807, 2.05) is 24.9 Å². The Labute approximate surface area is 108 Å². The van der Waals surface area contributed by atoms with Crippen LogP contribution in [0.3, 0.4) is 0 Å². The molecule has 0 bridgehead atoms. The van der Waals surface area contributed by atoms with Gasteiger partial charge in [0.1, 0.15) is 18.2 Å². The van der Waals surface area contributed by atoms with E-state index in [-0.39, 0.29) is 0 Å². The molecule has 0 aromatic carbocycles. The van der Waals surface area contributed by atoms with Gasteiger partial charge in [-0.1, -0.05) is 0 Å². The lowest BCUT2D eigenvalue weighted by Crippen LogP contribution is -2.24. The highest BCUT2D eigenvalue weighted by Gasteiger charge is 2.08. The van der Waals surface area contributed by atoms with Crippen molar-refractivity contribution >= 4 is 11.6 Å². The summed E-state index contributed by atoms with van der Waals surface area (Å²) in [5.74, 6) is 2.36. The van der Waals surface area contributed by atoms with Crippen LogP contribution < -0.4 is 10.2 Å². The summed E-state index contributed by atoms with van der Waals surface area (Å²) in [7, 11) is 5.31. The molecular weight excluding hydrogens is 232 g/mol. The number of hydrogen-bond donors (Lipinski definition) is 1. The first-order valence-corrected chi connectivity index (χ1v) is 6.02. The molecule has 0 saturated carbocycles. The molecule has 0 aliphatic rings. The van der Waals surface area contributed by atoms with Crippen molar-refractivity contribution in [3.8, 4) is 0 Å². The van der Waals surface area contributed by atoms with E-state index in [2.05, 4.69) is 15.3 Å². The first kappa shape index (κ1) is 14.7. The second-order valence-electron chi connectivity index (χ2n) is 3.91. The van der Waals surface area contributed by atoms with Crippen LogP contribution in [0.2, 0.25) is 0 Å². The summed E-state index contributed by atoms with van der Waals surface area (Å²) >= 11 is 0. The highest BCUT2D eigenvalue weighted by atomic mass is 16.5. The van der Waals surface area contributed by atoms with Crippen molar-refractivity contribution in [3.05, 3.63) is 11.9 Å². The molecule has 0 spiro atoms. The van der Waals surface area contributed by atoms with E-state index in [4.69, 9.17) is 9.47 Å². The Morgan fingerprint density at radius 1 is 1.28 bits per heavy atom. The molecule has 0 atom stereocenters. The molecular formula is C12H22N4O2. The third-order valence-corrected chi connectivity index (χ3v) is 2.41. The number of aromatic nitrogens is 2. The van der Waals surface area contributed by atoms with Gasteiger partial charge in [-0.3, -0.25) is 0 Å². The van der Waals surface area contributed by atoms with Crippen molar-refractivity contribution < 1.29 is 9.47 Å². The molecule has 102 valence electrons. The number of ether oxygens (including phenoxy) is 2. The molecule has 18 heavy (non-hydrogen) atoms. The normalized spacial score (nSPS) is 10.4. The van der Waals surface area contributed by atoms with Gasteiger partial charge in [0.25, 0.3) is 0 Å². The third kappa shape index (κ3) is 4.46. The molecule has 0 aliphatic heterocycles. The van der Waals surface area contributed by atoms with E-state index in [1.165, 1.54) is 0 Å². The molecule has 0 unspecified atom stereocenters. The van der Waals surface area contributed by atoms with E-state index >= 15 is 0 Å². The number of nitrogens with zero attached hydrogens (tertiary/aromatic N) is 3. The van der Waals surface area contributed by atoms with Crippen LogP contribution in [-0.2, 0) is 16.1 Å². The minimum Gasteiger partial charge on any atom is -0.383 e. The topological polar surface area (TPSA) is 59.5 Å². The van der Waals surface area contributed by atoms with Crippen molar-refractivity contribution in [2.45, 2.75) is 13.5 Å². The van der Waals surface area contributed by atoms with Crippen molar-refractivity contribution in [3.63, 3.8) is 0 Å². The summed E-state index contributed by atoms with van der Waals surface area (Å²) in [4.78, 5) is 10.9. The second kappa shape index (κ2) is 7.84. The number of methoxy groups -OCH3 is 2. The van der Waals surface area contributed by atoms with Crippen LogP contribution in [0.15, 0.2) is 6.07 Å². The Morgan fingerprint density at radius 3 is 2.67 bits per heavy atom. The predicted octanol–water partition coefficient (Wildman–Crippen LogP) is 1.14. The maximum Gasteiger partial charge on any atom is 0.158 e. The van der Waals surface area contributed by atoms with Crippen molar-refractivity contribution in [1.82, 2.24) is 9.97 Å². The maximum atomic E-state index is 5.08. The summed E-state index contributed by atoms with van der Waals surface area (Å²) in [6.45, 7) is 4.71. The van der Waals surface area contributed by atoms with Crippen molar-refractivity contribution in [2.24, 2.45) is 0 Å². The molecule has 1 aromatic heterocycles. The van der Waals surface area contributed by atoms with Crippen LogP contribution in [0.4, 0.5) is 11.6 Å². The number of nitrogens with one attached hydrogen (secondary N) is 1. The van der Waals surface area contributed by atoms with Gasteiger partial charge in [0.15, 0.2) is 5.82 Å². The monoisotopic (exact) mass is 254 g/mol. The minimum absolute atomic E-state index is 0.407. The lowest BCUT2D eigenvalue weighted by atomic mass is 10.4. The lowest BCUT2D eigenvalue weighted by Gasteiger charge is -2.19. The zero-order valence-corrected chi connectivity index (χ0v) is 11.6. The van der Waals surface area contributed by atoms with Crippen molar-refractivity contribution in [2.75, 3.05) is 51.2 Å². The van der Waals surface area contributed by atoms with Crippen molar-refractivity contribution in [1.29, 1.82) is 0 Å². The van der Waals surface area contributed by atoms with E-state index in [9.17, 15) is 0 Å². The standard InChI is InChI=1S/C12H22N4O2/c1-5-13-10-8-12(16(2)6-7-17-3)15-11(14-10)9-18-4/h8H,5-7,9H2,1-4H3,(H,13,14,15). The van der Waals surface area contributed by atoms with Gasteiger partial charge in [-0.25, -0.2) is 9.97 Å². The second-order valence-corrected chi connectivity index (χ2v) is 3.91. The maximum absolute atomic E-state index is 5.08. The molecule has 0 amide bonds. The molecule has 1 heterocycles. The molecule has 1 N–H and O–H groups in total. The molecule has 1 aromatic rings. The Balaban J connectivity index is 2.87. The third-order valence-electron chi connectivity index (χ3n) is 2.41. The first-order valence-electron chi connectivity index (χ1n) is 6.02. The minimum atomic E-state index is 0.407. The van der Waals surface area contributed by atoms with Gasteiger partial charge in [0.2, 0.25) is 0 Å². The summed E-state index contributed by atoms with van der Waals surface area (Å²) in [5.41, 5.74) is 0. The molecule has 6 nitrogen and oxygen atoms in total. The highest BCUT2D eigenvalue weighted by molar-refractivity contribution is 5.48. The number of anilines is 2. The van der Waals surface area contributed by atoms with Crippen LogP contribution in [0.5, 0.6) is 0 Å². The molecule has 0 aliphatic carbocycles. The molecule has 0 saturated heterocycles. The SMILES string of the molecule is CCNc1cc(N(C)CCOC)nc(COC)n1. The molecule has 0 radical (unpaired) electrons. The number of rotatable bonds is 8. The average molecular weight is 254 g/mol. The Bertz CT molecular complexity index is 336. The largest absolute Gasteiger partial charge is 0.383 e. The Hall–Kier alpha value is -1.40. The van der Waals surface area contributed by atoms with Crippen LogP contribution in [0, 0.1) is 0 Å². The van der Waals surface area contributed by atoms with Crippen LogP contribution >= 0.6 is 0 Å². The zero-order chi connectivity index (χ0) is 13.4. The van der Waals surface area contributed by atoms with Crippen LogP contribution in [-0.4, -0.2) is 50.9 Å². The smallest absolute Gasteiger partial charge is 0.158 e. The Morgan fingerprint density at radius 2 is 2.06 bits per heavy atom. The van der Waals surface area contributed by atoms with Gasteiger partial charge in [-0.2, -0.15) is 0 Å². The predicted molar refractivity (Wildman–Crippen MR) is 72.1 cm³/mol. The molecule has 6 heteroatoms. The van der Waals surface area contributed by atoms with E-state index in [0.717, 1.165) is 24.7 Å². The highest BCUT2D eigenvalue weighted by Crippen LogP contribution is 2.15. The lowest BCUT2D eigenvalue weighted by molar-refractivity contribution is 0.178. The Kier molecular flexibility index (Phi) is 6.38. The van der Waals surface area contributed by atoms with Gasteiger partial charge in [-0.05, 0) is 6.92 Å². The fraction of sp³-hybridized carbons (Fsp3) is 0.667. The van der Waals surface area contributed by atoms with Crippen LogP contribution in [0.1, 0.15) is 12.7 Å². The quantitative estimate of drug-likeness (QED) is 0.750. The molecule has 0 fully saturated rings. The van der Waals surface area contributed by atoms with Gasteiger partial charge in [-0.15, -0.1) is 0 Å². The average Bonchev–Trinajstić information content (AvgIpc) is 2.36. The summed E-state index contributed by atoms with van der Waals surface area (Å²) < 4.78 is 10.1. The van der Waals surface area contributed by atoms with Gasteiger partial charge < -0.3 is 19.7 Å². The number of likely N-dealkylation sites (N-methyl/N-ethyl adjacent to an activating group) is 1. The summed E-state index contributed by atoms with van der Waals surface area (Å²) in [5, 5.41) is 3.19. The number of hydrogen-bond acceptors (Lipinski definition) is 6. The first-order chi connectivity index (χ1) is 8.71. The zero-order valence-electron chi connectivity index (χ0n) is 11.6. The van der Waals surface area contributed by atoms with Gasteiger partial charge in [0, 0.05) is 40.4 Å². The van der Waals surface area contributed by atoms with E-state index in [1.54, 1.807) is 14.2 Å². The summed E-state index contributed by atoms with van der Waals surface area (Å²) in [6, 6.07) is 1.93. The fourth-order valence-corrected chi connectivity index (χ4v) is 1.49. The summed E-state index contributed by atoms with van der Waals surface area (Å²) in [6.07, 6.45) is 0. The van der Waals surface area contributed by atoms with Gasteiger partial charge >= 0.3 is 0 Å². The molecule has 1 rings (SSSR count). The van der Waals surface area contributed by atoms with Gasteiger partial charge in [0.05, 0.1) is 6.61 Å². The van der Waals surface area contributed by atoms with Crippen LogP contribution in [0.25, 0.3) is 0 Å². The van der Waals surface area contributed by atoms with E-state index in [0.29, 0.717) is 19.0 Å². The van der Waals surface area contributed by atoms with E-state index < -0.39 is 0 Å². The fourth-order valence-electron chi connectivity index (χ4n) is 1.49.